The van der Waals surface area contributed by atoms with Crippen molar-refractivity contribution < 1.29 is 31.1 Å². The molecule has 9 heteroatoms. The Morgan fingerprint density at radius 3 is 2.29 bits per heavy atom. The highest BCUT2D eigenvalue weighted by atomic mass is 32.2. The largest absolute Gasteiger partial charge is 0.516 e. The van der Waals surface area contributed by atoms with Crippen molar-refractivity contribution in [3.8, 4) is 0 Å². The second-order valence-corrected chi connectivity index (χ2v) is 5.17. The Balaban J connectivity index is 4.04. The summed E-state index contributed by atoms with van der Waals surface area (Å²) in [6.45, 7) is 3.69. The maximum atomic E-state index is 11.9. The Morgan fingerprint density at radius 2 is 1.88 bits per heavy atom. The van der Waals surface area contributed by atoms with Crippen LogP contribution in [0.4, 0.5) is 13.2 Å². The van der Waals surface area contributed by atoms with E-state index in [-0.39, 0.29) is 25.6 Å². The summed E-state index contributed by atoms with van der Waals surface area (Å²) >= 11 is 0. The molecule has 0 heterocycles. The lowest BCUT2D eigenvalue weighted by Crippen LogP contribution is -2.40. The quantitative estimate of drug-likeness (QED) is 0.739. The van der Waals surface area contributed by atoms with Gasteiger partial charge in [0.1, 0.15) is 0 Å². The molecule has 0 spiro atoms. The number of nitrogens with one attached hydrogen (secondary N) is 1. The fourth-order valence-electron chi connectivity index (χ4n) is 0.811. The van der Waals surface area contributed by atoms with E-state index in [1.54, 1.807) is 13.8 Å². The molecule has 0 aliphatic rings. The van der Waals surface area contributed by atoms with Gasteiger partial charge in [-0.3, -0.25) is 4.79 Å². The van der Waals surface area contributed by atoms with E-state index in [0.29, 0.717) is 0 Å². The van der Waals surface area contributed by atoms with Crippen molar-refractivity contribution in [2.75, 3.05) is 6.61 Å². The number of amides is 1. The van der Waals surface area contributed by atoms with Crippen molar-refractivity contribution in [3.63, 3.8) is 0 Å². The third-order valence-electron chi connectivity index (χ3n) is 1.55. The average molecular weight is 277 g/mol. The Morgan fingerprint density at radius 1 is 1.35 bits per heavy atom. The molecule has 0 aromatic heterocycles. The molecule has 0 saturated heterocycles. The second-order valence-electron chi connectivity index (χ2n) is 3.50. The predicted octanol–water partition coefficient (Wildman–Crippen LogP) is 1.16. The predicted molar refractivity (Wildman–Crippen MR) is 53.4 cm³/mol. The van der Waals surface area contributed by atoms with Crippen molar-refractivity contribution >= 4 is 15.9 Å². The van der Waals surface area contributed by atoms with Gasteiger partial charge in [-0.15, -0.1) is 0 Å². The lowest BCUT2D eigenvalue weighted by atomic mass is 10.3. The number of sulfonamides is 1. The highest BCUT2D eigenvalue weighted by Gasteiger charge is 2.46. The first-order valence-electron chi connectivity index (χ1n) is 4.80. The Hall–Kier alpha value is -0.830. The first-order chi connectivity index (χ1) is 7.56. The van der Waals surface area contributed by atoms with E-state index in [4.69, 9.17) is 4.74 Å². The Labute approximate surface area is 97.4 Å². The van der Waals surface area contributed by atoms with Crippen LogP contribution in [-0.2, 0) is 19.6 Å². The van der Waals surface area contributed by atoms with Crippen LogP contribution in [0.3, 0.4) is 0 Å². The second kappa shape index (κ2) is 6.20. The molecule has 1 amide bonds. The molecule has 0 aromatic rings. The van der Waals surface area contributed by atoms with Crippen molar-refractivity contribution in [3.05, 3.63) is 0 Å². The fraction of sp³-hybridized carbons (Fsp3) is 0.875. The van der Waals surface area contributed by atoms with Gasteiger partial charge in [-0.05, 0) is 20.3 Å². The summed E-state index contributed by atoms with van der Waals surface area (Å²) < 4.78 is 62.6. The van der Waals surface area contributed by atoms with E-state index in [9.17, 15) is 26.4 Å². The number of ether oxygens (including phenoxy) is 1. The van der Waals surface area contributed by atoms with Gasteiger partial charge in [-0.25, -0.2) is 4.72 Å². The van der Waals surface area contributed by atoms with Gasteiger partial charge in [0.2, 0.25) is 5.91 Å². The van der Waals surface area contributed by atoms with Crippen molar-refractivity contribution in [1.29, 1.82) is 0 Å². The number of alkyl halides is 3. The molecule has 0 aliphatic heterocycles. The van der Waals surface area contributed by atoms with Gasteiger partial charge in [-0.2, -0.15) is 21.6 Å². The van der Waals surface area contributed by atoms with Crippen LogP contribution in [0.15, 0.2) is 0 Å². The first-order valence-corrected chi connectivity index (χ1v) is 6.28. The number of carbonyl (C=O) groups excluding carboxylic acids is 1. The molecule has 0 unspecified atom stereocenters. The van der Waals surface area contributed by atoms with Crippen LogP contribution in [-0.4, -0.2) is 32.5 Å². The first kappa shape index (κ1) is 16.2. The third kappa shape index (κ3) is 6.47. The van der Waals surface area contributed by atoms with Crippen LogP contribution in [0.5, 0.6) is 0 Å². The lowest BCUT2D eigenvalue weighted by molar-refractivity contribution is -0.120. The van der Waals surface area contributed by atoms with Gasteiger partial charge in [0.25, 0.3) is 0 Å². The molecule has 0 radical (unpaired) electrons. The highest BCUT2D eigenvalue weighted by molar-refractivity contribution is 7.90. The van der Waals surface area contributed by atoms with E-state index < -0.39 is 21.4 Å². The summed E-state index contributed by atoms with van der Waals surface area (Å²) in [5, 5.41) is 0. The summed E-state index contributed by atoms with van der Waals surface area (Å²) in [7, 11) is -5.59. The summed E-state index contributed by atoms with van der Waals surface area (Å²) in [6.07, 6.45) is -0.253. The van der Waals surface area contributed by atoms with Gasteiger partial charge in [0, 0.05) is 13.0 Å². The SMILES string of the molecule is CC(C)OCCCC(=O)NS(=O)(=O)C(F)(F)F. The zero-order chi connectivity index (χ0) is 13.7. The maximum Gasteiger partial charge on any atom is 0.516 e. The molecule has 0 fully saturated rings. The molecular weight excluding hydrogens is 263 g/mol. The van der Waals surface area contributed by atoms with Crippen LogP contribution < -0.4 is 4.72 Å². The summed E-state index contributed by atoms with van der Waals surface area (Å²) in [4.78, 5) is 10.9. The zero-order valence-corrected chi connectivity index (χ0v) is 10.2. The zero-order valence-electron chi connectivity index (χ0n) is 9.37. The van der Waals surface area contributed by atoms with Gasteiger partial charge in [0.15, 0.2) is 0 Å². The molecule has 0 aliphatic carbocycles. The lowest BCUT2D eigenvalue weighted by Gasteiger charge is -2.10. The molecule has 0 saturated carbocycles. The number of halogens is 3. The van der Waals surface area contributed by atoms with E-state index in [1.165, 1.54) is 0 Å². The van der Waals surface area contributed by atoms with Gasteiger partial charge in [0.05, 0.1) is 6.10 Å². The Bertz CT molecular complexity index is 350. The molecule has 1 N–H and O–H groups in total. The van der Waals surface area contributed by atoms with Crippen LogP contribution in [0.2, 0.25) is 0 Å². The van der Waals surface area contributed by atoms with E-state index in [0.717, 1.165) is 4.72 Å². The molecular formula is C8H14F3NO4S. The highest BCUT2D eigenvalue weighted by Crippen LogP contribution is 2.21. The smallest absolute Gasteiger partial charge is 0.379 e. The monoisotopic (exact) mass is 277 g/mol. The van der Waals surface area contributed by atoms with Crippen LogP contribution >= 0.6 is 0 Å². The van der Waals surface area contributed by atoms with E-state index in [1.807, 2.05) is 0 Å². The standard InChI is InChI=1S/C8H14F3NO4S/c1-6(2)16-5-3-4-7(13)12-17(14,15)8(9,10)11/h6H,3-5H2,1-2H3,(H,12,13). The number of hydrogen-bond donors (Lipinski definition) is 1. The number of rotatable bonds is 6. The molecule has 0 aromatic carbocycles. The average Bonchev–Trinajstić information content (AvgIpc) is 2.09. The molecule has 0 atom stereocenters. The van der Waals surface area contributed by atoms with Crippen molar-refractivity contribution in [2.24, 2.45) is 0 Å². The third-order valence-corrected chi connectivity index (χ3v) is 2.66. The molecule has 17 heavy (non-hydrogen) atoms. The fourth-order valence-corrected chi connectivity index (χ4v) is 1.33. The topological polar surface area (TPSA) is 72.5 Å². The van der Waals surface area contributed by atoms with E-state index in [2.05, 4.69) is 0 Å². The Kier molecular flexibility index (Phi) is 5.89. The van der Waals surface area contributed by atoms with Crippen molar-refractivity contribution in [2.45, 2.75) is 38.3 Å². The van der Waals surface area contributed by atoms with Crippen LogP contribution in [0, 0.1) is 0 Å². The van der Waals surface area contributed by atoms with Crippen LogP contribution in [0.25, 0.3) is 0 Å². The molecule has 102 valence electrons. The molecule has 5 nitrogen and oxygen atoms in total. The van der Waals surface area contributed by atoms with Crippen molar-refractivity contribution in [1.82, 2.24) is 4.72 Å². The minimum atomic E-state index is -5.59. The number of carbonyl (C=O) groups is 1. The maximum absolute atomic E-state index is 11.9. The minimum Gasteiger partial charge on any atom is -0.379 e. The number of hydrogen-bond acceptors (Lipinski definition) is 4. The minimum absolute atomic E-state index is 0.0584. The summed E-state index contributed by atoms with van der Waals surface area (Å²) in [5.41, 5.74) is -5.48. The van der Waals surface area contributed by atoms with Crippen LogP contribution in [0.1, 0.15) is 26.7 Å². The van der Waals surface area contributed by atoms with Gasteiger partial charge >= 0.3 is 15.5 Å². The van der Waals surface area contributed by atoms with E-state index >= 15 is 0 Å². The molecule has 0 bridgehead atoms. The molecule has 0 rings (SSSR count). The summed E-state index contributed by atoms with van der Waals surface area (Å²) in [6, 6.07) is 0. The normalized spacial score (nSPS) is 12.8. The van der Waals surface area contributed by atoms with Gasteiger partial charge in [-0.1, -0.05) is 0 Å². The van der Waals surface area contributed by atoms with Gasteiger partial charge < -0.3 is 4.74 Å². The summed E-state index contributed by atoms with van der Waals surface area (Å²) in [5.74, 6) is -1.20.